The van der Waals surface area contributed by atoms with E-state index >= 15 is 0 Å². The summed E-state index contributed by atoms with van der Waals surface area (Å²) >= 11 is 0. The van der Waals surface area contributed by atoms with Gasteiger partial charge < -0.3 is 9.15 Å². The van der Waals surface area contributed by atoms with Gasteiger partial charge in [0.05, 0.1) is 12.4 Å². The van der Waals surface area contributed by atoms with Gasteiger partial charge in [-0.1, -0.05) is 0 Å². The molecule has 0 aliphatic heterocycles. The quantitative estimate of drug-likeness (QED) is 0.782. The number of hydrogen-bond acceptors (Lipinski definition) is 5. The molecule has 82 valence electrons. The van der Waals surface area contributed by atoms with E-state index in [0.717, 1.165) is 11.6 Å². The lowest BCUT2D eigenvalue weighted by Gasteiger charge is -2.00. The average molecular weight is 217 g/mol. The molecule has 5 heteroatoms. The molecule has 0 spiro atoms. The highest BCUT2D eigenvalue weighted by molar-refractivity contribution is 5.11. The Kier molecular flexibility index (Phi) is 2.29. The molecule has 1 fully saturated rings. The van der Waals surface area contributed by atoms with Crippen LogP contribution in [0.1, 0.15) is 30.3 Å². The van der Waals surface area contributed by atoms with Gasteiger partial charge >= 0.3 is 0 Å². The fraction of sp³-hybridized carbons (Fsp3) is 0.364. The van der Waals surface area contributed by atoms with Crippen LogP contribution in [0, 0.1) is 0 Å². The molecule has 1 saturated carbocycles. The minimum absolute atomic E-state index is 0.392. The van der Waals surface area contributed by atoms with Crippen LogP contribution in [0.2, 0.25) is 0 Å². The minimum atomic E-state index is 0.392. The van der Waals surface area contributed by atoms with E-state index in [1.165, 1.54) is 19.2 Å². The zero-order valence-corrected chi connectivity index (χ0v) is 8.67. The van der Waals surface area contributed by atoms with E-state index in [9.17, 15) is 0 Å². The largest absolute Gasteiger partial charge is 0.484 e. The van der Waals surface area contributed by atoms with Crippen molar-refractivity contribution in [3.63, 3.8) is 0 Å². The summed E-state index contributed by atoms with van der Waals surface area (Å²) in [5, 5.41) is 0. The van der Waals surface area contributed by atoms with E-state index in [4.69, 9.17) is 9.15 Å². The molecule has 2 aromatic rings. The predicted molar refractivity (Wildman–Crippen MR) is 54.8 cm³/mol. The first-order chi connectivity index (χ1) is 7.92. The first kappa shape index (κ1) is 9.33. The number of nitrogens with zero attached hydrogens (tertiary/aromatic N) is 3. The normalized spacial score (nSPS) is 15.0. The van der Waals surface area contributed by atoms with Crippen molar-refractivity contribution in [3.05, 3.63) is 36.6 Å². The molecular weight excluding hydrogens is 206 g/mol. The summed E-state index contributed by atoms with van der Waals surface area (Å²) in [4.78, 5) is 12.1. The Bertz CT molecular complexity index is 465. The van der Waals surface area contributed by atoms with Crippen molar-refractivity contribution in [1.82, 2.24) is 15.0 Å². The van der Waals surface area contributed by atoms with E-state index in [1.54, 1.807) is 18.7 Å². The lowest BCUT2D eigenvalue weighted by Crippen LogP contribution is -1.96. The molecule has 16 heavy (non-hydrogen) atoms. The molecular formula is C11H11N3O2. The van der Waals surface area contributed by atoms with Crippen molar-refractivity contribution in [3.8, 4) is 5.75 Å². The molecule has 0 bridgehead atoms. The smallest absolute Gasteiger partial charge is 0.197 e. The molecule has 0 atom stereocenters. The third kappa shape index (κ3) is 2.03. The minimum Gasteiger partial charge on any atom is -0.484 e. The topological polar surface area (TPSA) is 61.0 Å². The van der Waals surface area contributed by atoms with Crippen molar-refractivity contribution in [2.45, 2.75) is 25.4 Å². The number of aromatic nitrogens is 3. The summed E-state index contributed by atoms with van der Waals surface area (Å²) in [5.41, 5.74) is 0.811. The summed E-state index contributed by atoms with van der Waals surface area (Å²) in [6, 6.07) is 0. The van der Waals surface area contributed by atoms with Crippen molar-refractivity contribution in [2.24, 2.45) is 0 Å². The van der Waals surface area contributed by atoms with Gasteiger partial charge in [-0.3, -0.25) is 0 Å². The van der Waals surface area contributed by atoms with Crippen molar-refractivity contribution < 1.29 is 9.15 Å². The van der Waals surface area contributed by atoms with E-state index in [1.807, 2.05) is 0 Å². The van der Waals surface area contributed by atoms with Crippen LogP contribution < -0.4 is 4.74 Å². The number of rotatable bonds is 4. The molecule has 0 amide bonds. The van der Waals surface area contributed by atoms with Crippen molar-refractivity contribution >= 4 is 0 Å². The molecule has 2 aromatic heterocycles. The maximum Gasteiger partial charge on any atom is 0.197 e. The highest BCUT2D eigenvalue weighted by atomic mass is 16.5. The lowest BCUT2D eigenvalue weighted by molar-refractivity contribution is 0.298. The number of ether oxygens (including phenoxy) is 1. The monoisotopic (exact) mass is 217 g/mol. The second-order valence-corrected chi connectivity index (χ2v) is 3.81. The zero-order valence-electron chi connectivity index (χ0n) is 8.67. The molecule has 0 radical (unpaired) electrons. The van der Waals surface area contributed by atoms with E-state index in [2.05, 4.69) is 15.0 Å². The SMILES string of the molecule is c1ncc(OCc2coc(C3CC3)n2)cn1. The van der Waals surface area contributed by atoms with Gasteiger partial charge in [0.1, 0.15) is 24.9 Å². The molecule has 0 N–H and O–H groups in total. The summed E-state index contributed by atoms with van der Waals surface area (Å²) < 4.78 is 10.8. The van der Waals surface area contributed by atoms with E-state index < -0.39 is 0 Å². The summed E-state index contributed by atoms with van der Waals surface area (Å²) in [6.45, 7) is 0.392. The summed E-state index contributed by atoms with van der Waals surface area (Å²) in [7, 11) is 0. The van der Waals surface area contributed by atoms with Crippen LogP contribution in [-0.4, -0.2) is 15.0 Å². The molecule has 0 saturated heterocycles. The second kappa shape index (κ2) is 3.92. The van der Waals surface area contributed by atoms with Gasteiger partial charge in [0.2, 0.25) is 0 Å². The molecule has 1 aliphatic rings. The maximum absolute atomic E-state index is 5.46. The molecule has 1 aliphatic carbocycles. The fourth-order valence-electron chi connectivity index (χ4n) is 1.42. The standard InChI is InChI=1S/C11H11N3O2/c1-2-8(1)11-14-9(6-16-11)5-15-10-3-12-7-13-4-10/h3-4,6-8H,1-2,5H2. The van der Waals surface area contributed by atoms with E-state index in [0.29, 0.717) is 18.3 Å². The van der Waals surface area contributed by atoms with Crippen LogP contribution >= 0.6 is 0 Å². The Morgan fingerprint density at radius 2 is 2.12 bits per heavy atom. The Balaban J connectivity index is 1.61. The van der Waals surface area contributed by atoms with Crippen LogP contribution in [0.4, 0.5) is 0 Å². The van der Waals surface area contributed by atoms with Crippen LogP contribution in [0.3, 0.4) is 0 Å². The van der Waals surface area contributed by atoms with Gasteiger partial charge in [0.15, 0.2) is 11.6 Å². The highest BCUT2D eigenvalue weighted by Gasteiger charge is 2.28. The summed E-state index contributed by atoms with van der Waals surface area (Å²) in [6.07, 6.45) is 8.73. The molecule has 2 heterocycles. The van der Waals surface area contributed by atoms with Crippen LogP contribution in [-0.2, 0) is 6.61 Å². The van der Waals surface area contributed by atoms with Gasteiger partial charge in [-0.05, 0) is 12.8 Å². The third-order valence-corrected chi connectivity index (χ3v) is 2.42. The maximum atomic E-state index is 5.46. The van der Waals surface area contributed by atoms with Crippen LogP contribution in [0.15, 0.2) is 29.4 Å². The number of oxazole rings is 1. The fourth-order valence-corrected chi connectivity index (χ4v) is 1.42. The Hall–Kier alpha value is -1.91. The first-order valence-electron chi connectivity index (χ1n) is 5.24. The van der Waals surface area contributed by atoms with Crippen molar-refractivity contribution in [2.75, 3.05) is 0 Å². The Morgan fingerprint density at radius 3 is 2.88 bits per heavy atom. The average Bonchev–Trinajstić information content (AvgIpc) is 3.08. The summed E-state index contributed by atoms with van der Waals surface area (Å²) in [5.74, 6) is 2.01. The van der Waals surface area contributed by atoms with Gasteiger partial charge in [-0.15, -0.1) is 0 Å². The van der Waals surface area contributed by atoms with Gasteiger partial charge in [0.25, 0.3) is 0 Å². The zero-order chi connectivity index (χ0) is 10.8. The Morgan fingerprint density at radius 1 is 1.31 bits per heavy atom. The van der Waals surface area contributed by atoms with E-state index in [-0.39, 0.29) is 0 Å². The van der Waals surface area contributed by atoms with Crippen LogP contribution in [0.25, 0.3) is 0 Å². The van der Waals surface area contributed by atoms with Crippen molar-refractivity contribution in [1.29, 1.82) is 0 Å². The molecule has 0 aromatic carbocycles. The molecule has 0 unspecified atom stereocenters. The first-order valence-corrected chi connectivity index (χ1v) is 5.24. The third-order valence-electron chi connectivity index (χ3n) is 2.42. The van der Waals surface area contributed by atoms with Crippen LogP contribution in [0.5, 0.6) is 5.75 Å². The Labute approximate surface area is 92.5 Å². The number of hydrogen-bond donors (Lipinski definition) is 0. The van der Waals surface area contributed by atoms with Gasteiger partial charge in [-0.2, -0.15) is 0 Å². The predicted octanol–water partition coefficient (Wildman–Crippen LogP) is 1.92. The molecule has 5 nitrogen and oxygen atoms in total. The van der Waals surface area contributed by atoms with Gasteiger partial charge in [0, 0.05) is 5.92 Å². The second-order valence-electron chi connectivity index (χ2n) is 3.81. The lowest BCUT2D eigenvalue weighted by atomic mass is 10.4. The van der Waals surface area contributed by atoms with Gasteiger partial charge in [-0.25, -0.2) is 15.0 Å². The highest BCUT2D eigenvalue weighted by Crippen LogP contribution is 2.39. The molecule has 3 rings (SSSR count).